The van der Waals surface area contributed by atoms with E-state index in [1.165, 1.54) is 6.26 Å². The molecule has 0 aliphatic rings. The molecule has 7 nitrogen and oxygen atoms in total. The highest BCUT2D eigenvalue weighted by molar-refractivity contribution is 5.76. The molecular formula is C20H26N2O5. The molecule has 2 aromatic rings. The highest BCUT2D eigenvalue weighted by Gasteiger charge is 2.28. The van der Waals surface area contributed by atoms with E-state index in [0.717, 1.165) is 16.7 Å². The number of nitrogens with zero attached hydrogens (tertiary/aromatic N) is 1. The molecule has 1 heterocycles. The van der Waals surface area contributed by atoms with Gasteiger partial charge in [-0.3, -0.25) is 9.59 Å². The van der Waals surface area contributed by atoms with Crippen LogP contribution in [0.4, 0.5) is 0 Å². The lowest BCUT2D eigenvalue weighted by atomic mass is 10.0. The largest absolute Gasteiger partial charge is 0.481 e. The predicted molar refractivity (Wildman–Crippen MR) is 101 cm³/mol. The van der Waals surface area contributed by atoms with Crippen molar-refractivity contribution in [1.29, 1.82) is 0 Å². The number of carboxylic acid groups (broad SMARTS) is 2. The van der Waals surface area contributed by atoms with Crippen LogP contribution >= 0.6 is 0 Å². The Morgan fingerprint density at radius 3 is 2.26 bits per heavy atom. The number of oxazole rings is 1. The summed E-state index contributed by atoms with van der Waals surface area (Å²) in [5.41, 5.74) is 3.55. The van der Waals surface area contributed by atoms with E-state index in [-0.39, 0.29) is 18.4 Å². The number of carbonyl (C=O) groups is 2. The average molecular weight is 374 g/mol. The van der Waals surface area contributed by atoms with Crippen molar-refractivity contribution in [3.8, 4) is 11.3 Å². The number of aryl methyl sites for hydroxylation is 2. The van der Waals surface area contributed by atoms with Crippen molar-refractivity contribution in [2.24, 2.45) is 5.92 Å². The van der Waals surface area contributed by atoms with Gasteiger partial charge >= 0.3 is 11.9 Å². The zero-order valence-corrected chi connectivity index (χ0v) is 16.0. The number of aromatic nitrogens is 1. The van der Waals surface area contributed by atoms with Crippen molar-refractivity contribution in [2.75, 3.05) is 6.54 Å². The number of hydrogen-bond donors (Lipinski definition) is 3. The number of nitrogens with one attached hydrogen (secondary N) is 1. The lowest BCUT2D eigenvalue weighted by Gasteiger charge is -2.18. The average Bonchev–Trinajstić information content (AvgIpc) is 3.02. The fraction of sp³-hybridized carbons (Fsp3) is 0.450. The molecule has 1 aromatic heterocycles. The molecule has 2 rings (SSSR count). The first kappa shape index (κ1) is 20.6. The van der Waals surface area contributed by atoms with E-state index in [1.807, 2.05) is 45.9 Å². The first-order valence-electron chi connectivity index (χ1n) is 8.90. The topological polar surface area (TPSA) is 113 Å². The van der Waals surface area contributed by atoms with E-state index >= 15 is 0 Å². The summed E-state index contributed by atoms with van der Waals surface area (Å²) in [4.78, 5) is 27.4. The first-order valence-corrected chi connectivity index (χ1v) is 8.90. The summed E-state index contributed by atoms with van der Waals surface area (Å²) in [6.45, 7) is 7.70. The highest BCUT2D eigenvalue weighted by atomic mass is 16.4. The second-order valence-electron chi connectivity index (χ2n) is 7.27. The number of rotatable bonds is 9. The van der Waals surface area contributed by atoms with Crippen molar-refractivity contribution in [3.63, 3.8) is 0 Å². The molecule has 27 heavy (non-hydrogen) atoms. The zero-order chi connectivity index (χ0) is 20.1. The lowest BCUT2D eigenvalue weighted by Crippen LogP contribution is -2.41. The molecule has 0 aliphatic carbocycles. The smallest absolute Gasteiger partial charge is 0.320 e. The second kappa shape index (κ2) is 8.81. The molecule has 3 N–H and O–H groups in total. The Kier molecular flexibility index (Phi) is 6.74. The minimum absolute atomic E-state index is 0.0536. The summed E-state index contributed by atoms with van der Waals surface area (Å²) >= 11 is 0. The van der Waals surface area contributed by atoms with Gasteiger partial charge in [0.15, 0.2) is 0 Å². The third-order valence-corrected chi connectivity index (χ3v) is 4.21. The summed E-state index contributed by atoms with van der Waals surface area (Å²) in [6.07, 6.45) is 1.84. The van der Waals surface area contributed by atoms with E-state index in [0.29, 0.717) is 12.1 Å². The van der Waals surface area contributed by atoms with E-state index in [2.05, 4.69) is 10.3 Å². The van der Waals surface area contributed by atoms with Gasteiger partial charge < -0.3 is 19.9 Å². The van der Waals surface area contributed by atoms with Crippen LogP contribution in [0.25, 0.3) is 11.3 Å². The quantitative estimate of drug-likeness (QED) is 0.617. The third-order valence-electron chi connectivity index (χ3n) is 4.21. The molecule has 0 amide bonds. The van der Waals surface area contributed by atoms with Crippen LogP contribution in [0.2, 0.25) is 0 Å². The molecule has 1 aromatic carbocycles. The summed E-state index contributed by atoms with van der Waals surface area (Å²) in [5.74, 6) is -2.97. The molecule has 0 radical (unpaired) electrons. The van der Waals surface area contributed by atoms with Gasteiger partial charge in [0.1, 0.15) is 23.9 Å². The molecule has 0 saturated carbocycles. The monoisotopic (exact) mass is 374 g/mol. The van der Waals surface area contributed by atoms with Crippen molar-refractivity contribution in [2.45, 2.75) is 46.1 Å². The minimum atomic E-state index is -1.12. The van der Waals surface area contributed by atoms with Gasteiger partial charge in [-0.05, 0) is 38.3 Å². The fourth-order valence-corrected chi connectivity index (χ4v) is 2.99. The maximum Gasteiger partial charge on any atom is 0.320 e. The molecule has 0 bridgehead atoms. The molecular weight excluding hydrogens is 348 g/mol. The summed E-state index contributed by atoms with van der Waals surface area (Å²) < 4.78 is 5.42. The van der Waals surface area contributed by atoms with Gasteiger partial charge in [-0.25, -0.2) is 4.98 Å². The van der Waals surface area contributed by atoms with Crippen molar-refractivity contribution in [3.05, 3.63) is 41.5 Å². The Bertz CT molecular complexity index is 792. The van der Waals surface area contributed by atoms with Gasteiger partial charge in [0, 0.05) is 12.1 Å². The van der Waals surface area contributed by atoms with Crippen LogP contribution < -0.4 is 5.32 Å². The lowest BCUT2D eigenvalue weighted by molar-refractivity contribution is -0.142. The number of hydrogen-bond acceptors (Lipinski definition) is 5. The standard InChI is InChI=1S/C20H26N2O5/c1-11(2)5-16(20(25)26)21-9-15(19(23)24)18-22-17(10-27-18)14-7-12(3)6-13(4)8-14/h6-8,10-11,15-16,21H,5,9H2,1-4H3,(H,23,24)(H,25,26). The number of carboxylic acids is 2. The molecule has 2 atom stereocenters. The zero-order valence-electron chi connectivity index (χ0n) is 16.0. The van der Waals surface area contributed by atoms with Crippen LogP contribution in [0.1, 0.15) is 43.2 Å². The van der Waals surface area contributed by atoms with Crippen LogP contribution in [0.15, 0.2) is 28.9 Å². The van der Waals surface area contributed by atoms with Crippen molar-refractivity contribution >= 4 is 11.9 Å². The second-order valence-corrected chi connectivity index (χ2v) is 7.27. The SMILES string of the molecule is Cc1cc(C)cc(-c2coc(C(CNC(CC(C)C)C(=O)O)C(=O)O)n2)c1. The van der Waals surface area contributed by atoms with Gasteiger partial charge in [-0.1, -0.05) is 31.0 Å². The maximum atomic E-state index is 11.7. The molecule has 0 spiro atoms. The fourth-order valence-electron chi connectivity index (χ4n) is 2.99. The molecule has 0 aliphatic heterocycles. The van der Waals surface area contributed by atoms with Crippen molar-refractivity contribution in [1.82, 2.24) is 10.3 Å². The van der Waals surface area contributed by atoms with Gasteiger partial charge in [0.2, 0.25) is 5.89 Å². The molecule has 0 fully saturated rings. The van der Waals surface area contributed by atoms with E-state index in [9.17, 15) is 19.8 Å². The Hall–Kier alpha value is -2.67. The van der Waals surface area contributed by atoms with Crippen molar-refractivity contribution < 1.29 is 24.2 Å². The van der Waals surface area contributed by atoms with Crippen LogP contribution in [-0.2, 0) is 9.59 Å². The normalized spacial score (nSPS) is 13.5. The molecule has 146 valence electrons. The molecule has 7 heteroatoms. The van der Waals surface area contributed by atoms with E-state index in [4.69, 9.17) is 4.42 Å². The highest BCUT2D eigenvalue weighted by Crippen LogP contribution is 2.24. The summed E-state index contributed by atoms with van der Waals surface area (Å²) in [7, 11) is 0. The molecule has 0 saturated heterocycles. The number of aliphatic carboxylic acids is 2. The Morgan fingerprint density at radius 2 is 1.74 bits per heavy atom. The summed E-state index contributed by atoms with van der Waals surface area (Å²) in [5, 5.41) is 21.7. The van der Waals surface area contributed by atoms with E-state index < -0.39 is 23.9 Å². The van der Waals surface area contributed by atoms with Gasteiger partial charge in [0.05, 0.1) is 0 Å². The van der Waals surface area contributed by atoms with Gasteiger partial charge in [-0.2, -0.15) is 0 Å². The maximum absolute atomic E-state index is 11.7. The van der Waals surface area contributed by atoms with Crippen LogP contribution in [0, 0.1) is 19.8 Å². The Labute approximate surface area is 158 Å². The van der Waals surface area contributed by atoms with Gasteiger partial charge in [0.25, 0.3) is 0 Å². The van der Waals surface area contributed by atoms with Gasteiger partial charge in [-0.15, -0.1) is 0 Å². The van der Waals surface area contributed by atoms with Crippen LogP contribution in [-0.4, -0.2) is 39.7 Å². The predicted octanol–water partition coefficient (Wildman–Crippen LogP) is 3.22. The molecule has 2 unspecified atom stereocenters. The third kappa shape index (κ3) is 5.65. The number of benzene rings is 1. The van der Waals surface area contributed by atoms with Crippen LogP contribution in [0.5, 0.6) is 0 Å². The first-order chi connectivity index (χ1) is 12.7. The Morgan fingerprint density at radius 1 is 1.11 bits per heavy atom. The van der Waals surface area contributed by atoms with E-state index in [1.54, 1.807) is 0 Å². The summed E-state index contributed by atoms with van der Waals surface area (Å²) in [6, 6.07) is 5.12. The minimum Gasteiger partial charge on any atom is -0.481 e. The Balaban J connectivity index is 2.19. The van der Waals surface area contributed by atoms with Crippen LogP contribution in [0.3, 0.4) is 0 Å².